The normalized spacial score (nSPS) is 10.1. The van der Waals surface area contributed by atoms with Crippen molar-refractivity contribution in [1.82, 2.24) is 9.97 Å². The van der Waals surface area contributed by atoms with Gasteiger partial charge >= 0.3 is 6.01 Å². The van der Waals surface area contributed by atoms with E-state index < -0.39 is 0 Å². The fourth-order valence-corrected chi connectivity index (χ4v) is 1.83. The summed E-state index contributed by atoms with van der Waals surface area (Å²) in [6, 6.07) is 8.11. The molecule has 0 atom stereocenters. The fraction of sp³-hybridized carbons (Fsp3) is 0.0909. The number of alkyl halides is 1. The van der Waals surface area contributed by atoms with Gasteiger partial charge in [-0.15, -0.1) is 0 Å². The van der Waals surface area contributed by atoms with E-state index in [2.05, 4.69) is 41.8 Å². The molecule has 0 amide bonds. The van der Waals surface area contributed by atoms with Crippen LogP contribution in [0.1, 0.15) is 5.56 Å². The van der Waals surface area contributed by atoms with Gasteiger partial charge in [0.05, 0.1) is 4.47 Å². The Labute approximate surface area is 110 Å². The summed E-state index contributed by atoms with van der Waals surface area (Å²) < 4.78 is 6.41. The van der Waals surface area contributed by atoms with Crippen molar-refractivity contribution >= 4 is 31.9 Å². The topological polar surface area (TPSA) is 35.0 Å². The summed E-state index contributed by atoms with van der Waals surface area (Å²) in [6.07, 6.45) is 3.30. The molecule has 3 nitrogen and oxygen atoms in total. The van der Waals surface area contributed by atoms with Crippen molar-refractivity contribution in [2.75, 3.05) is 0 Å². The van der Waals surface area contributed by atoms with Crippen molar-refractivity contribution in [2.45, 2.75) is 5.33 Å². The molecule has 1 heterocycles. The van der Waals surface area contributed by atoms with Gasteiger partial charge in [0, 0.05) is 23.3 Å². The first-order chi connectivity index (χ1) is 7.79. The van der Waals surface area contributed by atoms with Crippen molar-refractivity contribution < 1.29 is 4.74 Å². The maximum absolute atomic E-state index is 5.58. The summed E-state index contributed by atoms with van der Waals surface area (Å²) >= 11 is 6.68. The zero-order chi connectivity index (χ0) is 11.4. The maximum Gasteiger partial charge on any atom is 0.321 e. The molecule has 16 heavy (non-hydrogen) atoms. The number of hydrogen-bond donors (Lipinski definition) is 0. The Hall–Kier alpha value is -0.940. The molecule has 1 aromatic carbocycles. The maximum atomic E-state index is 5.58. The predicted molar refractivity (Wildman–Crippen MR) is 68.9 cm³/mol. The monoisotopic (exact) mass is 342 g/mol. The molecule has 0 saturated carbocycles. The highest BCUT2D eigenvalue weighted by atomic mass is 79.9. The Bertz CT molecular complexity index is 474. The number of halogens is 2. The Morgan fingerprint density at radius 1 is 1.12 bits per heavy atom. The lowest BCUT2D eigenvalue weighted by molar-refractivity contribution is 0.438. The van der Waals surface area contributed by atoms with Crippen LogP contribution >= 0.6 is 31.9 Å². The van der Waals surface area contributed by atoms with Crippen LogP contribution in [-0.4, -0.2) is 9.97 Å². The van der Waals surface area contributed by atoms with Crippen LogP contribution in [0, 0.1) is 0 Å². The van der Waals surface area contributed by atoms with Crippen molar-refractivity contribution in [3.63, 3.8) is 0 Å². The van der Waals surface area contributed by atoms with Gasteiger partial charge in [-0.2, -0.15) is 0 Å². The summed E-state index contributed by atoms with van der Waals surface area (Å²) in [5, 5.41) is 0.736. The lowest BCUT2D eigenvalue weighted by Gasteiger charge is -2.07. The molecular formula is C11H8Br2N2O. The second-order valence-electron chi connectivity index (χ2n) is 3.03. The summed E-state index contributed by atoms with van der Waals surface area (Å²) in [5.41, 5.74) is 1.06. The minimum atomic E-state index is 0.344. The third kappa shape index (κ3) is 2.80. The Morgan fingerprint density at radius 3 is 2.50 bits per heavy atom. The first kappa shape index (κ1) is 11.5. The van der Waals surface area contributed by atoms with Gasteiger partial charge in [0.15, 0.2) is 0 Å². The van der Waals surface area contributed by atoms with Crippen molar-refractivity contribution in [3.8, 4) is 11.8 Å². The van der Waals surface area contributed by atoms with Crippen LogP contribution in [-0.2, 0) is 5.33 Å². The molecule has 82 valence electrons. The Balaban J connectivity index is 2.23. The first-order valence-electron chi connectivity index (χ1n) is 4.59. The number of para-hydroxylation sites is 1. The van der Waals surface area contributed by atoms with Gasteiger partial charge in [-0.3, -0.25) is 0 Å². The number of aromatic nitrogens is 2. The van der Waals surface area contributed by atoms with Gasteiger partial charge in [0.25, 0.3) is 0 Å². The van der Waals surface area contributed by atoms with Gasteiger partial charge < -0.3 is 4.74 Å². The zero-order valence-corrected chi connectivity index (χ0v) is 11.4. The van der Waals surface area contributed by atoms with E-state index in [1.54, 1.807) is 12.4 Å². The molecule has 2 rings (SSSR count). The molecule has 0 aliphatic rings. The highest BCUT2D eigenvalue weighted by Crippen LogP contribution is 2.24. The molecule has 0 radical (unpaired) electrons. The second-order valence-corrected chi connectivity index (χ2v) is 4.50. The van der Waals surface area contributed by atoms with E-state index in [1.165, 1.54) is 0 Å². The molecule has 0 fully saturated rings. The van der Waals surface area contributed by atoms with Gasteiger partial charge in [-0.25, -0.2) is 9.97 Å². The lowest BCUT2D eigenvalue weighted by atomic mass is 10.2. The third-order valence-electron chi connectivity index (χ3n) is 1.91. The standard InChI is InChI=1S/C11H8Br2N2O/c12-5-8-3-1-2-4-10(8)16-11-14-6-9(13)7-15-11/h1-4,6-7H,5H2. The molecule has 0 spiro atoms. The zero-order valence-electron chi connectivity index (χ0n) is 8.23. The van der Waals surface area contributed by atoms with Crippen LogP contribution < -0.4 is 4.74 Å². The number of rotatable bonds is 3. The van der Waals surface area contributed by atoms with Crippen molar-refractivity contribution in [1.29, 1.82) is 0 Å². The fourth-order valence-electron chi connectivity index (χ4n) is 1.17. The molecule has 0 saturated heterocycles. The largest absolute Gasteiger partial charge is 0.424 e. The summed E-state index contributed by atoms with van der Waals surface area (Å²) in [4.78, 5) is 8.11. The van der Waals surface area contributed by atoms with Crippen molar-refractivity contribution in [3.05, 3.63) is 46.7 Å². The van der Waals surface area contributed by atoms with E-state index in [0.29, 0.717) is 6.01 Å². The predicted octanol–water partition coefficient (Wildman–Crippen LogP) is 3.93. The molecule has 5 heteroatoms. The Morgan fingerprint density at radius 2 is 1.81 bits per heavy atom. The van der Waals surface area contributed by atoms with Crippen LogP contribution in [0.25, 0.3) is 0 Å². The molecule has 0 bridgehead atoms. The average molecular weight is 344 g/mol. The molecule has 0 aliphatic carbocycles. The number of ether oxygens (including phenoxy) is 1. The molecular weight excluding hydrogens is 336 g/mol. The van der Waals surface area contributed by atoms with E-state index in [1.807, 2.05) is 24.3 Å². The quantitative estimate of drug-likeness (QED) is 0.792. The van der Waals surface area contributed by atoms with E-state index >= 15 is 0 Å². The highest BCUT2D eigenvalue weighted by Gasteiger charge is 2.04. The van der Waals surface area contributed by atoms with E-state index in [-0.39, 0.29) is 0 Å². The van der Waals surface area contributed by atoms with Crippen LogP contribution in [0.2, 0.25) is 0 Å². The smallest absolute Gasteiger partial charge is 0.321 e. The highest BCUT2D eigenvalue weighted by molar-refractivity contribution is 9.10. The summed E-state index contributed by atoms with van der Waals surface area (Å²) in [7, 11) is 0. The average Bonchev–Trinajstić information content (AvgIpc) is 2.33. The third-order valence-corrected chi connectivity index (χ3v) is 2.93. The van der Waals surface area contributed by atoms with E-state index in [9.17, 15) is 0 Å². The Kier molecular flexibility index (Phi) is 3.90. The number of hydrogen-bond acceptors (Lipinski definition) is 3. The van der Waals surface area contributed by atoms with Gasteiger partial charge in [0.2, 0.25) is 0 Å². The molecule has 2 aromatic rings. The van der Waals surface area contributed by atoms with Crippen LogP contribution in [0.3, 0.4) is 0 Å². The van der Waals surface area contributed by atoms with E-state index in [4.69, 9.17) is 4.74 Å². The lowest BCUT2D eigenvalue weighted by Crippen LogP contribution is -1.93. The number of nitrogens with zero attached hydrogens (tertiary/aromatic N) is 2. The van der Waals surface area contributed by atoms with Crippen LogP contribution in [0.5, 0.6) is 11.8 Å². The van der Waals surface area contributed by atoms with Gasteiger partial charge in [-0.1, -0.05) is 34.1 Å². The van der Waals surface area contributed by atoms with Crippen molar-refractivity contribution in [2.24, 2.45) is 0 Å². The van der Waals surface area contributed by atoms with Crippen LogP contribution in [0.15, 0.2) is 41.1 Å². The molecule has 0 aliphatic heterocycles. The minimum Gasteiger partial charge on any atom is -0.424 e. The summed E-state index contributed by atoms with van der Waals surface area (Å²) in [5.74, 6) is 0.765. The van der Waals surface area contributed by atoms with E-state index in [0.717, 1.165) is 21.1 Å². The molecule has 0 N–H and O–H groups in total. The summed E-state index contributed by atoms with van der Waals surface area (Å²) in [6.45, 7) is 0. The minimum absolute atomic E-state index is 0.344. The van der Waals surface area contributed by atoms with Gasteiger partial charge in [-0.05, 0) is 22.0 Å². The first-order valence-corrected chi connectivity index (χ1v) is 6.50. The van der Waals surface area contributed by atoms with Crippen LogP contribution in [0.4, 0.5) is 0 Å². The van der Waals surface area contributed by atoms with Gasteiger partial charge in [0.1, 0.15) is 5.75 Å². The molecule has 0 unspecified atom stereocenters. The molecule has 1 aromatic heterocycles. The SMILES string of the molecule is BrCc1ccccc1Oc1ncc(Br)cn1. The second kappa shape index (κ2) is 5.41. The number of benzene rings is 1.